The lowest BCUT2D eigenvalue weighted by Gasteiger charge is -2.12. The first-order valence-corrected chi connectivity index (χ1v) is 11.1. The molecule has 4 rings (SSSR count). The van der Waals surface area contributed by atoms with Gasteiger partial charge >= 0.3 is 5.97 Å². The largest absolute Gasteiger partial charge is 0.467 e. The van der Waals surface area contributed by atoms with Crippen molar-refractivity contribution in [3.63, 3.8) is 0 Å². The second-order valence-corrected chi connectivity index (χ2v) is 8.72. The van der Waals surface area contributed by atoms with Gasteiger partial charge in [0.1, 0.15) is 33.2 Å². The normalized spacial score (nSPS) is 10.9. The molecule has 10 nitrogen and oxygen atoms in total. The van der Waals surface area contributed by atoms with Gasteiger partial charge < -0.3 is 24.0 Å². The number of hydrogen-bond acceptors (Lipinski definition) is 8. The molecule has 4 aromatic heterocycles. The molecule has 0 aliphatic rings. The Morgan fingerprint density at radius 2 is 2.06 bits per heavy atom. The first-order chi connectivity index (χ1) is 16.2. The molecule has 0 spiro atoms. The number of carbonyl (C=O) groups excluding carboxylic acids is 2. The number of anilines is 1. The monoisotopic (exact) mass is 479 g/mol. The van der Waals surface area contributed by atoms with Gasteiger partial charge in [0.15, 0.2) is 6.61 Å². The molecule has 0 saturated carbocycles. The van der Waals surface area contributed by atoms with Gasteiger partial charge in [0.05, 0.1) is 23.8 Å². The highest BCUT2D eigenvalue weighted by molar-refractivity contribution is 7.20. The number of hydrogen-bond donors (Lipinski definition) is 2. The number of aryl methyl sites for hydroxylation is 2. The second kappa shape index (κ2) is 8.99. The van der Waals surface area contributed by atoms with E-state index in [4.69, 9.17) is 9.15 Å². The number of aromatic nitrogens is 3. The molecule has 0 aliphatic carbocycles. The van der Waals surface area contributed by atoms with Crippen molar-refractivity contribution in [1.29, 1.82) is 5.26 Å². The minimum atomic E-state index is -0.730. The number of thiophene rings is 1. The van der Waals surface area contributed by atoms with Crippen LogP contribution in [0.4, 0.5) is 5.82 Å². The Morgan fingerprint density at radius 3 is 2.74 bits per heavy atom. The maximum atomic E-state index is 12.6. The number of furan rings is 1. The van der Waals surface area contributed by atoms with Gasteiger partial charge in [0.2, 0.25) is 0 Å². The van der Waals surface area contributed by atoms with Crippen LogP contribution in [-0.4, -0.2) is 33.0 Å². The van der Waals surface area contributed by atoms with E-state index < -0.39 is 18.5 Å². The van der Waals surface area contributed by atoms with E-state index in [1.807, 2.05) is 6.92 Å². The summed E-state index contributed by atoms with van der Waals surface area (Å²) in [5.74, 6) is 0.0671. The first-order valence-electron chi connectivity index (χ1n) is 10.3. The van der Waals surface area contributed by atoms with Gasteiger partial charge in [-0.25, -0.2) is 9.78 Å². The number of ether oxygens (including phenoxy) is 1. The molecular formula is C23H21N5O5S. The van der Waals surface area contributed by atoms with Crippen LogP contribution in [0.25, 0.3) is 10.2 Å². The van der Waals surface area contributed by atoms with E-state index in [0.29, 0.717) is 45.3 Å². The van der Waals surface area contributed by atoms with Gasteiger partial charge in [-0.1, -0.05) is 0 Å². The first kappa shape index (κ1) is 23.0. The Labute approximate surface area is 197 Å². The van der Waals surface area contributed by atoms with E-state index >= 15 is 0 Å². The van der Waals surface area contributed by atoms with Crippen molar-refractivity contribution in [2.45, 2.75) is 34.2 Å². The molecule has 174 valence electrons. The number of nitrogens with zero attached hydrogens (tertiary/aromatic N) is 3. The highest BCUT2D eigenvalue weighted by atomic mass is 32.1. The zero-order valence-corrected chi connectivity index (χ0v) is 19.8. The Morgan fingerprint density at radius 1 is 1.29 bits per heavy atom. The summed E-state index contributed by atoms with van der Waals surface area (Å²) in [5.41, 5.74) is 1.97. The van der Waals surface area contributed by atoms with Gasteiger partial charge in [-0.15, -0.1) is 11.3 Å². The van der Waals surface area contributed by atoms with Crippen molar-refractivity contribution in [2.75, 3.05) is 11.9 Å². The van der Waals surface area contributed by atoms with Crippen LogP contribution in [0.1, 0.15) is 43.6 Å². The van der Waals surface area contributed by atoms with Gasteiger partial charge in [-0.05, 0) is 51.0 Å². The van der Waals surface area contributed by atoms with E-state index in [1.54, 1.807) is 43.7 Å². The smallest absolute Gasteiger partial charge is 0.349 e. The van der Waals surface area contributed by atoms with Crippen LogP contribution < -0.4 is 10.9 Å². The lowest BCUT2D eigenvalue weighted by molar-refractivity contribution is -0.119. The highest BCUT2D eigenvalue weighted by Crippen LogP contribution is 2.29. The fourth-order valence-corrected chi connectivity index (χ4v) is 4.82. The molecule has 0 radical (unpaired) electrons. The number of carbonyl (C=O) groups is 2. The molecule has 0 saturated heterocycles. The summed E-state index contributed by atoms with van der Waals surface area (Å²) in [5, 5.41) is 12.6. The summed E-state index contributed by atoms with van der Waals surface area (Å²) < 4.78 is 12.4. The molecular weight excluding hydrogens is 458 g/mol. The molecule has 0 aromatic carbocycles. The van der Waals surface area contributed by atoms with Gasteiger partial charge in [-0.3, -0.25) is 9.59 Å². The summed E-state index contributed by atoms with van der Waals surface area (Å²) in [4.78, 5) is 45.0. The van der Waals surface area contributed by atoms with Crippen LogP contribution in [0.5, 0.6) is 0 Å². The van der Waals surface area contributed by atoms with Crippen LogP contribution in [0.15, 0.2) is 27.6 Å². The van der Waals surface area contributed by atoms with Crippen molar-refractivity contribution in [3.05, 3.63) is 67.6 Å². The third-order valence-corrected chi connectivity index (χ3v) is 6.70. The zero-order valence-electron chi connectivity index (χ0n) is 18.9. The zero-order chi connectivity index (χ0) is 24.6. The predicted octanol–water partition coefficient (Wildman–Crippen LogP) is 3.33. The number of nitrogens with one attached hydrogen (secondary N) is 2. The number of amides is 1. The van der Waals surface area contributed by atoms with Crippen molar-refractivity contribution in [3.8, 4) is 6.07 Å². The van der Waals surface area contributed by atoms with E-state index in [2.05, 4.69) is 21.4 Å². The molecule has 4 heterocycles. The van der Waals surface area contributed by atoms with Crippen molar-refractivity contribution < 1.29 is 18.7 Å². The van der Waals surface area contributed by atoms with Crippen molar-refractivity contribution in [1.82, 2.24) is 14.5 Å². The Bertz CT molecular complexity index is 1520. The number of esters is 1. The number of nitriles is 1. The summed E-state index contributed by atoms with van der Waals surface area (Å²) in [6, 6.07) is 5.67. The van der Waals surface area contributed by atoms with Gasteiger partial charge in [0, 0.05) is 5.69 Å². The number of aromatic amines is 1. The standard InChI is InChI=1S/C23H21N5O5S/c1-11-13(3)28(9-15-6-5-7-32-15)20(16(11)8-24)27-17(29)10-33-23(31)19-12(2)18-21(30)25-14(4)26-22(18)34-19/h5-7H,9-10H2,1-4H3,(H,27,29)(H,25,26,30). The molecule has 0 atom stereocenters. The molecule has 0 unspecified atom stereocenters. The highest BCUT2D eigenvalue weighted by Gasteiger charge is 2.23. The minimum absolute atomic E-state index is 0.206. The maximum absolute atomic E-state index is 12.6. The fourth-order valence-electron chi connectivity index (χ4n) is 3.70. The van der Waals surface area contributed by atoms with E-state index in [-0.39, 0.29) is 10.4 Å². The lowest BCUT2D eigenvalue weighted by Crippen LogP contribution is -2.23. The lowest BCUT2D eigenvalue weighted by atomic mass is 10.2. The molecule has 11 heteroatoms. The predicted molar refractivity (Wildman–Crippen MR) is 125 cm³/mol. The van der Waals surface area contributed by atoms with E-state index in [0.717, 1.165) is 22.6 Å². The average Bonchev–Trinajstić information content (AvgIpc) is 3.47. The second-order valence-electron chi connectivity index (χ2n) is 7.72. The number of fused-ring (bicyclic) bond motifs is 1. The quantitative estimate of drug-likeness (QED) is 0.404. The molecule has 34 heavy (non-hydrogen) atoms. The van der Waals surface area contributed by atoms with Crippen LogP contribution in [0.3, 0.4) is 0 Å². The topological polar surface area (TPSA) is 143 Å². The Hall–Kier alpha value is -4.17. The van der Waals surface area contributed by atoms with E-state index in [1.165, 1.54) is 0 Å². The Balaban J connectivity index is 1.52. The molecule has 4 aromatic rings. The third-order valence-electron chi connectivity index (χ3n) is 5.53. The van der Waals surface area contributed by atoms with Crippen molar-refractivity contribution >= 4 is 39.2 Å². The minimum Gasteiger partial charge on any atom is -0.467 e. The summed E-state index contributed by atoms with van der Waals surface area (Å²) >= 11 is 1.04. The molecule has 1 amide bonds. The average molecular weight is 480 g/mol. The fraction of sp³-hybridized carbons (Fsp3) is 0.261. The third kappa shape index (κ3) is 4.11. The van der Waals surface area contributed by atoms with Crippen molar-refractivity contribution in [2.24, 2.45) is 0 Å². The van der Waals surface area contributed by atoms with Crippen LogP contribution in [0, 0.1) is 39.0 Å². The van der Waals surface area contributed by atoms with Crippen LogP contribution in [0.2, 0.25) is 0 Å². The number of rotatable bonds is 6. The maximum Gasteiger partial charge on any atom is 0.349 e. The Kier molecular flexibility index (Phi) is 6.08. The van der Waals surface area contributed by atoms with Gasteiger partial charge in [-0.2, -0.15) is 5.26 Å². The van der Waals surface area contributed by atoms with E-state index in [9.17, 15) is 19.6 Å². The van der Waals surface area contributed by atoms with Crippen LogP contribution >= 0.6 is 11.3 Å². The SMILES string of the molecule is Cc1nc2sc(C(=O)OCC(=O)Nc3c(C#N)c(C)c(C)n3Cc3ccco3)c(C)c2c(=O)[nH]1. The number of H-pyrrole nitrogens is 1. The summed E-state index contributed by atoms with van der Waals surface area (Å²) in [6.45, 7) is 6.68. The summed E-state index contributed by atoms with van der Waals surface area (Å²) in [7, 11) is 0. The molecule has 0 fully saturated rings. The summed E-state index contributed by atoms with van der Waals surface area (Å²) in [6.07, 6.45) is 1.55. The van der Waals surface area contributed by atoms with Crippen LogP contribution in [-0.2, 0) is 16.1 Å². The molecule has 0 bridgehead atoms. The van der Waals surface area contributed by atoms with Gasteiger partial charge in [0.25, 0.3) is 11.5 Å². The molecule has 2 N–H and O–H groups in total. The molecule has 0 aliphatic heterocycles.